The fraction of sp³-hybridized carbons (Fsp3) is 0.545. The molecule has 0 aliphatic rings. The monoisotopic (exact) mass is 211 g/mol. The van der Waals surface area contributed by atoms with Gasteiger partial charge in [0.1, 0.15) is 0 Å². The van der Waals surface area contributed by atoms with Gasteiger partial charge in [-0.05, 0) is 25.5 Å². The molecular formula is C11H17NO3. The number of aliphatic hydroxyl groups is 2. The van der Waals surface area contributed by atoms with Crippen LogP contribution in [0.1, 0.15) is 11.3 Å². The van der Waals surface area contributed by atoms with E-state index in [0.717, 1.165) is 11.3 Å². The smallest absolute Gasteiger partial charge is 0.213 e. The van der Waals surface area contributed by atoms with E-state index >= 15 is 0 Å². The number of hydrogen-bond acceptors (Lipinski definition) is 4. The topological polar surface area (TPSA) is 62.6 Å². The highest BCUT2D eigenvalue weighted by Crippen LogP contribution is 2.12. The molecule has 0 unspecified atom stereocenters. The summed E-state index contributed by atoms with van der Waals surface area (Å²) in [5.74, 6) is 0.298. The molecule has 0 fully saturated rings. The summed E-state index contributed by atoms with van der Waals surface area (Å²) in [6.07, 6.45) is 0. The fourth-order valence-corrected chi connectivity index (χ4v) is 1.24. The molecule has 2 N–H and O–H groups in total. The molecule has 0 saturated carbocycles. The Bertz CT molecular complexity index is 290. The van der Waals surface area contributed by atoms with Crippen LogP contribution in [-0.4, -0.2) is 35.0 Å². The normalized spacial score (nSPS) is 10.7. The van der Waals surface area contributed by atoms with Crippen LogP contribution >= 0.6 is 0 Å². The Morgan fingerprint density at radius 1 is 1.27 bits per heavy atom. The maximum Gasteiger partial charge on any atom is 0.213 e. The van der Waals surface area contributed by atoms with Crippen molar-refractivity contribution in [1.29, 1.82) is 0 Å². The zero-order chi connectivity index (χ0) is 11.3. The van der Waals surface area contributed by atoms with Gasteiger partial charge in [0, 0.05) is 17.7 Å². The van der Waals surface area contributed by atoms with Gasteiger partial charge < -0.3 is 14.9 Å². The first kappa shape index (κ1) is 11.9. The molecule has 84 valence electrons. The summed E-state index contributed by atoms with van der Waals surface area (Å²) in [5.41, 5.74) is 1.98. The van der Waals surface area contributed by atoms with E-state index in [9.17, 15) is 0 Å². The van der Waals surface area contributed by atoms with Crippen LogP contribution in [0.15, 0.2) is 12.1 Å². The summed E-state index contributed by atoms with van der Waals surface area (Å²) in [6, 6.07) is 3.79. The summed E-state index contributed by atoms with van der Waals surface area (Å²) < 4.78 is 5.38. The van der Waals surface area contributed by atoms with Gasteiger partial charge in [-0.2, -0.15) is 0 Å². The van der Waals surface area contributed by atoms with E-state index in [2.05, 4.69) is 4.98 Å². The lowest BCUT2D eigenvalue weighted by molar-refractivity contribution is 0.104. The summed E-state index contributed by atoms with van der Waals surface area (Å²) in [4.78, 5) is 4.19. The number of aryl methyl sites for hydroxylation is 2. The maximum atomic E-state index is 8.85. The summed E-state index contributed by atoms with van der Waals surface area (Å²) in [6.45, 7) is 3.98. The second-order valence-electron chi connectivity index (χ2n) is 3.67. The Kier molecular flexibility index (Phi) is 4.52. The van der Waals surface area contributed by atoms with Crippen molar-refractivity contribution in [2.75, 3.05) is 19.8 Å². The minimum absolute atomic E-state index is 0.0820. The number of ether oxygens (including phenoxy) is 1. The fourth-order valence-electron chi connectivity index (χ4n) is 1.24. The van der Waals surface area contributed by atoms with Gasteiger partial charge in [-0.3, -0.25) is 0 Å². The van der Waals surface area contributed by atoms with Crippen molar-refractivity contribution < 1.29 is 14.9 Å². The molecule has 1 heterocycles. The lowest BCUT2D eigenvalue weighted by Gasteiger charge is -2.12. The van der Waals surface area contributed by atoms with Crippen LogP contribution in [0.25, 0.3) is 0 Å². The van der Waals surface area contributed by atoms with Crippen LogP contribution in [0.5, 0.6) is 5.88 Å². The van der Waals surface area contributed by atoms with Gasteiger partial charge in [0.2, 0.25) is 5.88 Å². The molecule has 0 atom stereocenters. The highest BCUT2D eigenvalue weighted by molar-refractivity contribution is 5.23. The zero-order valence-corrected chi connectivity index (χ0v) is 9.10. The largest absolute Gasteiger partial charge is 0.477 e. The number of aliphatic hydroxyl groups excluding tert-OH is 2. The Morgan fingerprint density at radius 2 is 1.93 bits per heavy atom. The van der Waals surface area contributed by atoms with Crippen molar-refractivity contribution in [3.8, 4) is 5.88 Å². The van der Waals surface area contributed by atoms with Crippen LogP contribution in [-0.2, 0) is 0 Å². The highest BCUT2D eigenvalue weighted by atomic mass is 16.5. The van der Waals surface area contributed by atoms with Crippen LogP contribution < -0.4 is 4.74 Å². The molecule has 1 rings (SSSR count). The molecule has 0 aliphatic heterocycles. The van der Waals surface area contributed by atoms with Gasteiger partial charge in [-0.1, -0.05) is 0 Å². The summed E-state index contributed by atoms with van der Waals surface area (Å²) >= 11 is 0. The zero-order valence-electron chi connectivity index (χ0n) is 9.10. The minimum atomic E-state index is -0.243. The van der Waals surface area contributed by atoms with Gasteiger partial charge in [-0.25, -0.2) is 4.98 Å². The second kappa shape index (κ2) is 5.68. The number of rotatable bonds is 5. The van der Waals surface area contributed by atoms with Crippen molar-refractivity contribution in [3.63, 3.8) is 0 Å². The van der Waals surface area contributed by atoms with Crippen LogP contribution in [0.4, 0.5) is 0 Å². The SMILES string of the molecule is Cc1cc(C)nc(OCC(CO)CO)c1. The lowest BCUT2D eigenvalue weighted by Crippen LogP contribution is -2.20. The predicted molar refractivity (Wildman–Crippen MR) is 56.9 cm³/mol. The molecular weight excluding hydrogens is 194 g/mol. The third-order valence-electron chi connectivity index (χ3n) is 2.06. The van der Waals surface area contributed by atoms with Gasteiger partial charge in [-0.15, -0.1) is 0 Å². The van der Waals surface area contributed by atoms with E-state index in [4.69, 9.17) is 14.9 Å². The average Bonchev–Trinajstić information content (AvgIpc) is 2.18. The molecule has 0 radical (unpaired) electrons. The maximum absolute atomic E-state index is 8.85. The number of aromatic nitrogens is 1. The molecule has 0 spiro atoms. The van der Waals surface area contributed by atoms with Crippen LogP contribution in [0.2, 0.25) is 0 Å². The molecule has 1 aromatic rings. The molecule has 15 heavy (non-hydrogen) atoms. The first-order chi connectivity index (χ1) is 7.15. The number of nitrogens with zero attached hydrogens (tertiary/aromatic N) is 1. The van der Waals surface area contributed by atoms with Crippen molar-refractivity contribution >= 4 is 0 Å². The van der Waals surface area contributed by atoms with E-state index in [0.29, 0.717) is 5.88 Å². The molecule has 0 amide bonds. The molecule has 4 nitrogen and oxygen atoms in total. The number of pyridine rings is 1. The Labute approximate surface area is 89.5 Å². The number of hydrogen-bond donors (Lipinski definition) is 2. The molecule has 0 bridgehead atoms. The van der Waals surface area contributed by atoms with E-state index in [1.165, 1.54) is 0 Å². The molecule has 4 heteroatoms. The van der Waals surface area contributed by atoms with Crippen LogP contribution in [0, 0.1) is 19.8 Å². The Hall–Kier alpha value is -1.13. The molecule has 0 saturated heterocycles. The quantitative estimate of drug-likeness (QED) is 0.751. The van der Waals surface area contributed by atoms with Gasteiger partial charge >= 0.3 is 0 Å². The standard InChI is InChI=1S/C11H17NO3/c1-8-3-9(2)12-11(4-8)15-7-10(5-13)6-14/h3-4,10,13-14H,5-7H2,1-2H3. The first-order valence-corrected chi connectivity index (χ1v) is 4.95. The van der Waals surface area contributed by atoms with Crippen molar-refractivity contribution in [2.24, 2.45) is 5.92 Å². The van der Waals surface area contributed by atoms with E-state index in [-0.39, 0.29) is 25.7 Å². The van der Waals surface area contributed by atoms with E-state index in [1.807, 2.05) is 26.0 Å². The van der Waals surface area contributed by atoms with Crippen molar-refractivity contribution in [3.05, 3.63) is 23.4 Å². The third-order valence-corrected chi connectivity index (χ3v) is 2.06. The summed E-state index contributed by atoms with van der Waals surface area (Å²) in [7, 11) is 0. The molecule has 0 aromatic carbocycles. The van der Waals surface area contributed by atoms with Gasteiger partial charge in [0.15, 0.2) is 0 Å². The van der Waals surface area contributed by atoms with E-state index < -0.39 is 0 Å². The Balaban J connectivity index is 2.57. The molecule has 0 aliphatic carbocycles. The summed E-state index contributed by atoms with van der Waals surface area (Å²) in [5, 5.41) is 17.7. The Morgan fingerprint density at radius 3 is 2.47 bits per heavy atom. The van der Waals surface area contributed by atoms with Crippen molar-refractivity contribution in [1.82, 2.24) is 4.98 Å². The predicted octanol–water partition coefficient (Wildman–Crippen LogP) is 0.678. The highest BCUT2D eigenvalue weighted by Gasteiger charge is 2.07. The first-order valence-electron chi connectivity index (χ1n) is 4.95. The molecule has 1 aromatic heterocycles. The van der Waals surface area contributed by atoms with E-state index in [1.54, 1.807) is 0 Å². The minimum Gasteiger partial charge on any atom is -0.477 e. The van der Waals surface area contributed by atoms with Crippen LogP contribution in [0.3, 0.4) is 0 Å². The second-order valence-corrected chi connectivity index (χ2v) is 3.67. The van der Waals surface area contributed by atoms with Crippen molar-refractivity contribution in [2.45, 2.75) is 13.8 Å². The third kappa shape index (κ3) is 3.85. The lowest BCUT2D eigenvalue weighted by atomic mass is 10.2. The average molecular weight is 211 g/mol. The van der Waals surface area contributed by atoms with Gasteiger partial charge in [0.25, 0.3) is 0 Å². The van der Waals surface area contributed by atoms with Gasteiger partial charge in [0.05, 0.1) is 19.8 Å².